The van der Waals surface area contributed by atoms with E-state index in [1.54, 1.807) is 49.4 Å². The van der Waals surface area contributed by atoms with Gasteiger partial charge in [0.2, 0.25) is 21.8 Å². The van der Waals surface area contributed by atoms with E-state index in [2.05, 4.69) is 5.32 Å². The van der Waals surface area contributed by atoms with E-state index in [-0.39, 0.29) is 37.7 Å². The topological polar surface area (TPSA) is 86.8 Å². The van der Waals surface area contributed by atoms with Crippen LogP contribution in [0.4, 0.5) is 5.69 Å². The molecule has 180 valence electrons. The first-order valence-corrected chi connectivity index (χ1v) is 13.1. The van der Waals surface area contributed by atoms with Crippen molar-refractivity contribution >= 4 is 62.3 Å². The Morgan fingerprint density at radius 1 is 1.03 bits per heavy atom. The molecule has 11 heteroatoms. The number of carbonyl (C=O) groups excluding carboxylic acids is 2. The molecule has 2 aromatic carbocycles. The molecule has 0 saturated carbocycles. The van der Waals surface area contributed by atoms with Gasteiger partial charge in [-0.1, -0.05) is 40.9 Å². The number of hydrogen-bond acceptors (Lipinski definition) is 4. The molecule has 0 aromatic heterocycles. The molecular formula is C22H26Cl3N3O4S. The van der Waals surface area contributed by atoms with Crippen molar-refractivity contribution in [3.63, 3.8) is 0 Å². The largest absolute Gasteiger partial charge is 0.357 e. The lowest BCUT2D eigenvalue weighted by atomic mass is 10.1. The van der Waals surface area contributed by atoms with Gasteiger partial charge in [0.25, 0.3) is 0 Å². The summed E-state index contributed by atoms with van der Waals surface area (Å²) in [7, 11) is -2.07. The van der Waals surface area contributed by atoms with Gasteiger partial charge in [-0.15, -0.1) is 0 Å². The van der Waals surface area contributed by atoms with Gasteiger partial charge in [-0.2, -0.15) is 0 Å². The molecule has 33 heavy (non-hydrogen) atoms. The number of amides is 2. The lowest BCUT2D eigenvalue weighted by Crippen LogP contribution is -2.46. The van der Waals surface area contributed by atoms with Crippen molar-refractivity contribution < 1.29 is 18.0 Å². The highest BCUT2D eigenvalue weighted by Gasteiger charge is 2.26. The minimum atomic E-state index is -3.57. The van der Waals surface area contributed by atoms with Crippen molar-refractivity contribution in [3.8, 4) is 0 Å². The molecule has 2 rings (SSSR count). The summed E-state index contributed by atoms with van der Waals surface area (Å²) in [6, 6.07) is 10.7. The maximum Gasteiger partial charge on any atom is 0.242 e. The highest BCUT2D eigenvalue weighted by atomic mass is 35.5. The van der Waals surface area contributed by atoms with E-state index in [1.807, 2.05) is 0 Å². The van der Waals surface area contributed by atoms with Crippen LogP contribution in [0.15, 0.2) is 42.5 Å². The number of nitrogens with zero attached hydrogens (tertiary/aromatic N) is 2. The van der Waals surface area contributed by atoms with Crippen molar-refractivity contribution in [2.75, 3.05) is 24.2 Å². The van der Waals surface area contributed by atoms with Crippen LogP contribution in [0.2, 0.25) is 15.1 Å². The lowest BCUT2D eigenvalue weighted by molar-refractivity contribution is -0.140. The summed E-state index contributed by atoms with van der Waals surface area (Å²) in [5.74, 6) is -0.607. The Kier molecular flexibility index (Phi) is 9.84. The van der Waals surface area contributed by atoms with Gasteiger partial charge in [-0.25, -0.2) is 8.42 Å². The summed E-state index contributed by atoms with van der Waals surface area (Å²) < 4.78 is 25.8. The fraction of sp³-hybridized carbons (Fsp3) is 0.364. The third-order valence-electron chi connectivity index (χ3n) is 5.02. The number of anilines is 1. The SMILES string of the molecule is CNC(=O)[C@H](C)N(Cc1ccc(Cl)c(Cl)c1)C(=O)CCCN(c1ccc(Cl)cc1)S(C)(=O)=O. The van der Waals surface area contributed by atoms with Gasteiger partial charge in [0.05, 0.1) is 22.0 Å². The summed E-state index contributed by atoms with van der Waals surface area (Å²) in [5.41, 5.74) is 1.17. The molecule has 0 heterocycles. The van der Waals surface area contributed by atoms with Crippen molar-refractivity contribution in [2.45, 2.75) is 32.4 Å². The number of hydrogen-bond donors (Lipinski definition) is 1. The lowest BCUT2D eigenvalue weighted by Gasteiger charge is -2.29. The normalized spacial score (nSPS) is 12.2. The summed E-state index contributed by atoms with van der Waals surface area (Å²) in [6.07, 6.45) is 1.41. The van der Waals surface area contributed by atoms with Crippen LogP contribution in [-0.2, 0) is 26.2 Å². The first-order valence-electron chi connectivity index (χ1n) is 10.1. The molecular weight excluding hydrogens is 509 g/mol. The van der Waals surface area contributed by atoms with Gasteiger partial charge >= 0.3 is 0 Å². The first-order chi connectivity index (χ1) is 15.4. The second-order valence-electron chi connectivity index (χ2n) is 7.48. The number of likely N-dealkylation sites (N-methyl/N-ethyl adjacent to an activating group) is 1. The van der Waals surface area contributed by atoms with E-state index in [0.29, 0.717) is 26.3 Å². The summed E-state index contributed by atoms with van der Waals surface area (Å²) in [6.45, 7) is 1.88. The molecule has 0 spiro atoms. The van der Waals surface area contributed by atoms with Crippen LogP contribution in [0.3, 0.4) is 0 Å². The molecule has 0 aliphatic heterocycles. The zero-order valence-corrected chi connectivity index (χ0v) is 21.6. The van der Waals surface area contributed by atoms with Gasteiger partial charge < -0.3 is 10.2 Å². The molecule has 0 fully saturated rings. The van der Waals surface area contributed by atoms with Gasteiger partial charge in [0.15, 0.2) is 0 Å². The fourth-order valence-electron chi connectivity index (χ4n) is 3.24. The van der Waals surface area contributed by atoms with Crippen molar-refractivity contribution in [1.29, 1.82) is 0 Å². The quantitative estimate of drug-likeness (QED) is 0.491. The molecule has 7 nitrogen and oxygen atoms in total. The second kappa shape index (κ2) is 11.9. The van der Waals surface area contributed by atoms with Crippen LogP contribution in [0, 0.1) is 0 Å². The summed E-state index contributed by atoms with van der Waals surface area (Å²) in [5, 5.41) is 3.78. The Morgan fingerprint density at radius 3 is 2.21 bits per heavy atom. The van der Waals surface area contributed by atoms with Gasteiger partial charge in [0.1, 0.15) is 6.04 Å². The van der Waals surface area contributed by atoms with Crippen molar-refractivity contribution in [3.05, 3.63) is 63.1 Å². The van der Waals surface area contributed by atoms with E-state index in [4.69, 9.17) is 34.8 Å². The third kappa shape index (κ3) is 7.78. The predicted molar refractivity (Wildman–Crippen MR) is 133 cm³/mol. The highest BCUT2D eigenvalue weighted by molar-refractivity contribution is 7.92. The van der Waals surface area contributed by atoms with Crippen LogP contribution < -0.4 is 9.62 Å². The zero-order chi connectivity index (χ0) is 24.8. The van der Waals surface area contributed by atoms with E-state index >= 15 is 0 Å². The standard InChI is InChI=1S/C22H26Cl3N3O4S/c1-15(22(30)26-2)27(14-16-6-11-19(24)20(25)13-16)21(29)5-4-12-28(33(3,31)32)18-9-7-17(23)8-10-18/h6-11,13,15H,4-5,12,14H2,1-3H3,(H,26,30)/t15-/m0/s1. The average molecular weight is 535 g/mol. The zero-order valence-electron chi connectivity index (χ0n) is 18.5. The Bertz CT molecular complexity index is 1090. The maximum absolute atomic E-state index is 13.1. The average Bonchev–Trinajstić information content (AvgIpc) is 2.76. The van der Waals surface area contributed by atoms with Crippen LogP contribution >= 0.6 is 34.8 Å². The Labute approximate surface area is 209 Å². The highest BCUT2D eigenvalue weighted by Crippen LogP contribution is 2.24. The fourth-order valence-corrected chi connectivity index (χ4v) is 4.65. The molecule has 2 amide bonds. The molecule has 0 bridgehead atoms. The number of rotatable bonds is 10. The number of benzene rings is 2. The Morgan fingerprint density at radius 2 is 1.67 bits per heavy atom. The van der Waals surface area contributed by atoms with Crippen molar-refractivity contribution in [2.24, 2.45) is 0 Å². The van der Waals surface area contributed by atoms with Gasteiger partial charge in [-0.05, 0) is 55.3 Å². The van der Waals surface area contributed by atoms with E-state index in [1.165, 1.54) is 16.3 Å². The van der Waals surface area contributed by atoms with Gasteiger partial charge in [-0.3, -0.25) is 13.9 Å². The van der Waals surface area contributed by atoms with Crippen molar-refractivity contribution in [1.82, 2.24) is 10.2 Å². The van der Waals surface area contributed by atoms with Gasteiger partial charge in [0, 0.05) is 31.6 Å². The number of halogens is 3. The van der Waals surface area contributed by atoms with E-state index < -0.39 is 16.1 Å². The molecule has 0 aliphatic rings. The maximum atomic E-state index is 13.1. The van der Waals surface area contributed by atoms with E-state index in [9.17, 15) is 18.0 Å². The number of nitrogens with one attached hydrogen (secondary N) is 1. The molecule has 0 radical (unpaired) electrons. The predicted octanol–water partition coefficient (Wildman–Crippen LogP) is 4.36. The Balaban J connectivity index is 2.15. The van der Waals surface area contributed by atoms with Crippen LogP contribution in [0.25, 0.3) is 0 Å². The summed E-state index contributed by atoms with van der Waals surface area (Å²) in [4.78, 5) is 26.8. The monoisotopic (exact) mass is 533 g/mol. The van der Waals surface area contributed by atoms with Crippen LogP contribution in [0.5, 0.6) is 0 Å². The minimum Gasteiger partial charge on any atom is -0.357 e. The molecule has 0 aliphatic carbocycles. The molecule has 0 saturated heterocycles. The first kappa shape index (κ1) is 27.2. The summed E-state index contributed by atoms with van der Waals surface area (Å²) >= 11 is 18.0. The third-order valence-corrected chi connectivity index (χ3v) is 7.20. The molecule has 0 unspecified atom stereocenters. The van der Waals surface area contributed by atoms with Crippen LogP contribution in [-0.4, -0.2) is 51.0 Å². The van der Waals surface area contributed by atoms with E-state index in [0.717, 1.165) is 6.26 Å². The molecule has 1 N–H and O–H groups in total. The number of sulfonamides is 1. The minimum absolute atomic E-state index is 0.0439. The number of carbonyl (C=O) groups is 2. The second-order valence-corrected chi connectivity index (χ2v) is 10.6. The Hall–Kier alpha value is -2.00. The molecule has 1 atom stereocenters. The van der Waals surface area contributed by atoms with Crippen LogP contribution in [0.1, 0.15) is 25.3 Å². The smallest absolute Gasteiger partial charge is 0.242 e. The molecule has 2 aromatic rings.